The number of rotatable bonds is 7. The fourth-order valence-corrected chi connectivity index (χ4v) is 3.45. The number of aromatic nitrogens is 4. The number of benzene rings is 2. The average Bonchev–Trinajstić information content (AvgIpc) is 3.18. The molecule has 146 valence electrons. The highest BCUT2D eigenvalue weighted by atomic mass is 32.2. The lowest BCUT2D eigenvalue weighted by Gasteiger charge is -2.11. The van der Waals surface area contributed by atoms with Gasteiger partial charge in [0.15, 0.2) is 11.5 Å². The van der Waals surface area contributed by atoms with Crippen molar-refractivity contribution in [3.05, 3.63) is 66.7 Å². The number of hydrogen-bond acceptors (Lipinski definition) is 6. The van der Waals surface area contributed by atoms with Crippen molar-refractivity contribution in [3.63, 3.8) is 0 Å². The third kappa shape index (κ3) is 4.38. The second-order valence-corrected chi connectivity index (χ2v) is 7.09. The maximum Gasteiger partial charge on any atom is 0.234 e. The van der Waals surface area contributed by atoms with Crippen LogP contribution in [0.2, 0.25) is 0 Å². The average molecular weight is 405 g/mol. The molecule has 0 aliphatic rings. The second kappa shape index (κ2) is 8.74. The van der Waals surface area contributed by atoms with Crippen molar-refractivity contribution < 1.29 is 9.53 Å². The molecule has 0 aliphatic carbocycles. The van der Waals surface area contributed by atoms with E-state index in [4.69, 9.17) is 4.74 Å². The lowest BCUT2D eigenvalue weighted by Crippen LogP contribution is -2.15. The van der Waals surface area contributed by atoms with E-state index < -0.39 is 0 Å². The summed E-state index contributed by atoms with van der Waals surface area (Å²) in [6, 6.07) is 20.8. The highest BCUT2D eigenvalue weighted by Crippen LogP contribution is 2.25. The molecule has 0 bridgehead atoms. The lowest BCUT2D eigenvalue weighted by atomic mass is 10.2. The van der Waals surface area contributed by atoms with Crippen LogP contribution in [-0.4, -0.2) is 38.1 Å². The van der Waals surface area contributed by atoms with E-state index in [9.17, 15) is 4.79 Å². The lowest BCUT2D eigenvalue weighted by molar-refractivity contribution is -0.113. The number of anilines is 1. The molecule has 8 heteroatoms. The van der Waals surface area contributed by atoms with E-state index in [0.29, 0.717) is 34.5 Å². The molecule has 2 heterocycles. The van der Waals surface area contributed by atoms with Gasteiger partial charge >= 0.3 is 0 Å². The molecule has 0 unspecified atom stereocenters. The summed E-state index contributed by atoms with van der Waals surface area (Å²) in [5.74, 6) is 1.42. The Kier molecular flexibility index (Phi) is 5.71. The molecule has 1 N–H and O–H groups in total. The van der Waals surface area contributed by atoms with Crippen molar-refractivity contribution in [1.29, 1.82) is 0 Å². The van der Waals surface area contributed by atoms with Gasteiger partial charge in [-0.05, 0) is 31.2 Å². The number of thioether (sulfide) groups is 1. The first kappa shape index (κ1) is 18.9. The summed E-state index contributed by atoms with van der Waals surface area (Å²) in [7, 11) is 0. The van der Waals surface area contributed by atoms with Crippen LogP contribution in [0, 0.1) is 0 Å². The van der Waals surface area contributed by atoms with Crippen LogP contribution in [0.3, 0.4) is 0 Å². The highest BCUT2D eigenvalue weighted by molar-refractivity contribution is 7.99. The summed E-state index contributed by atoms with van der Waals surface area (Å²) in [6.07, 6.45) is 0. The first-order chi connectivity index (χ1) is 14.2. The second-order valence-electron chi connectivity index (χ2n) is 6.10. The molecule has 0 saturated carbocycles. The number of hydrogen-bond donors (Lipinski definition) is 1. The molecule has 1 amide bonds. The van der Waals surface area contributed by atoms with E-state index in [1.807, 2.05) is 73.7 Å². The van der Waals surface area contributed by atoms with Crippen LogP contribution in [0.1, 0.15) is 6.92 Å². The van der Waals surface area contributed by atoms with Crippen LogP contribution in [-0.2, 0) is 4.79 Å². The van der Waals surface area contributed by atoms with Crippen molar-refractivity contribution in [2.24, 2.45) is 0 Å². The third-order valence-electron chi connectivity index (χ3n) is 4.08. The zero-order chi connectivity index (χ0) is 20.1. The maximum absolute atomic E-state index is 12.4. The minimum Gasteiger partial charge on any atom is -0.492 e. The van der Waals surface area contributed by atoms with Crippen LogP contribution in [0.4, 0.5) is 5.69 Å². The van der Waals surface area contributed by atoms with Crippen LogP contribution < -0.4 is 10.1 Å². The van der Waals surface area contributed by atoms with Crippen LogP contribution in [0.25, 0.3) is 17.0 Å². The normalized spacial score (nSPS) is 10.8. The SMILES string of the molecule is CCOc1ccccc1NC(=O)CSc1ccc2nnc(-c3ccccc3)n2n1. The van der Waals surface area contributed by atoms with E-state index >= 15 is 0 Å². The van der Waals surface area contributed by atoms with Gasteiger partial charge < -0.3 is 10.1 Å². The van der Waals surface area contributed by atoms with Crippen molar-refractivity contribution in [1.82, 2.24) is 19.8 Å². The number of carbonyl (C=O) groups is 1. The standard InChI is InChI=1S/C21H19N5O2S/c1-2-28-17-11-7-6-10-16(17)22-19(27)14-29-20-13-12-18-23-24-21(26(18)25-20)15-8-4-3-5-9-15/h3-13H,2,14H2,1H3,(H,22,27). The summed E-state index contributed by atoms with van der Waals surface area (Å²) in [5, 5.41) is 16.6. The Morgan fingerprint density at radius 2 is 1.83 bits per heavy atom. The number of para-hydroxylation sites is 2. The molecule has 29 heavy (non-hydrogen) atoms. The van der Waals surface area contributed by atoms with Gasteiger partial charge in [-0.3, -0.25) is 4.79 Å². The minimum atomic E-state index is -0.129. The monoisotopic (exact) mass is 405 g/mol. The number of carbonyl (C=O) groups excluding carboxylic acids is 1. The van der Waals surface area contributed by atoms with Crippen LogP contribution in [0.15, 0.2) is 71.8 Å². The largest absolute Gasteiger partial charge is 0.492 e. The topological polar surface area (TPSA) is 81.4 Å². The van der Waals surface area contributed by atoms with Crippen molar-refractivity contribution >= 4 is 29.0 Å². The summed E-state index contributed by atoms with van der Waals surface area (Å²) in [5.41, 5.74) is 2.25. The molecule has 4 aromatic rings. The van der Waals surface area contributed by atoms with Gasteiger partial charge in [0.05, 0.1) is 18.0 Å². The number of amides is 1. The summed E-state index contributed by atoms with van der Waals surface area (Å²) < 4.78 is 7.24. The zero-order valence-electron chi connectivity index (χ0n) is 15.8. The van der Waals surface area contributed by atoms with E-state index in [1.54, 1.807) is 4.52 Å². The van der Waals surface area contributed by atoms with E-state index in [1.165, 1.54) is 11.8 Å². The van der Waals surface area contributed by atoms with Gasteiger partial charge in [-0.1, -0.05) is 54.2 Å². The zero-order valence-corrected chi connectivity index (χ0v) is 16.6. The smallest absolute Gasteiger partial charge is 0.234 e. The number of ether oxygens (including phenoxy) is 1. The van der Waals surface area contributed by atoms with Crippen molar-refractivity contribution in [3.8, 4) is 17.1 Å². The first-order valence-corrected chi connectivity index (χ1v) is 10.2. The predicted molar refractivity (Wildman–Crippen MR) is 113 cm³/mol. The summed E-state index contributed by atoms with van der Waals surface area (Å²) in [6.45, 7) is 2.44. The van der Waals surface area contributed by atoms with Gasteiger partial charge in [-0.25, -0.2) is 0 Å². The van der Waals surface area contributed by atoms with Gasteiger partial charge in [0.2, 0.25) is 5.91 Å². The Hall–Kier alpha value is -3.39. The van der Waals surface area contributed by atoms with Crippen molar-refractivity contribution in [2.45, 2.75) is 11.9 Å². The Morgan fingerprint density at radius 1 is 1.03 bits per heavy atom. The van der Waals surface area contributed by atoms with Gasteiger partial charge in [0.25, 0.3) is 0 Å². The fourth-order valence-electron chi connectivity index (χ4n) is 2.79. The van der Waals surface area contributed by atoms with Gasteiger partial charge in [-0.15, -0.1) is 10.2 Å². The quantitative estimate of drug-likeness (QED) is 0.469. The fraction of sp³-hybridized carbons (Fsp3) is 0.143. The number of fused-ring (bicyclic) bond motifs is 1. The molecule has 4 rings (SSSR count). The molecular formula is C21H19N5O2S. The molecule has 0 atom stereocenters. The highest BCUT2D eigenvalue weighted by Gasteiger charge is 2.12. The van der Waals surface area contributed by atoms with Crippen LogP contribution >= 0.6 is 11.8 Å². The Bertz CT molecular complexity index is 1130. The van der Waals surface area contributed by atoms with Crippen LogP contribution in [0.5, 0.6) is 5.75 Å². The molecule has 0 saturated heterocycles. The number of nitrogens with zero attached hydrogens (tertiary/aromatic N) is 4. The maximum atomic E-state index is 12.4. The van der Waals surface area contributed by atoms with Crippen molar-refractivity contribution in [2.75, 3.05) is 17.7 Å². The molecule has 2 aromatic heterocycles. The molecule has 0 aliphatic heterocycles. The van der Waals surface area contributed by atoms with Gasteiger partial charge in [0.1, 0.15) is 10.8 Å². The number of nitrogens with one attached hydrogen (secondary N) is 1. The predicted octanol–water partition coefficient (Wildman–Crippen LogP) is 3.92. The molecule has 0 fully saturated rings. The minimum absolute atomic E-state index is 0.129. The molecule has 0 radical (unpaired) electrons. The molecule has 0 spiro atoms. The Morgan fingerprint density at radius 3 is 2.66 bits per heavy atom. The molecular weight excluding hydrogens is 386 g/mol. The van der Waals surface area contributed by atoms with Gasteiger partial charge in [0, 0.05) is 5.56 Å². The Balaban J connectivity index is 1.47. The summed E-state index contributed by atoms with van der Waals surface area (Å²) in [4.78, 5) is 12.4. The van der Waals surface area contributed by atoms with E-state index in [0.717, 1.165) is 5.56 Å². The van der Waals surface area contributed by atoms with Gasteiger partial charge in [-0.2, -0.15) is 9.61 Å². The van der Waals surface area contributed by atoms with E-state index in [2.05, 4.69) is 20.6 Å². The third-order valence-corrected chi connectivity index (χ3v) is 5.00. The van der Waals surface area contributed by atoms with E-state index in [-0.39, 0.29) is 11.7 Å². The summed E-state index contributed by atoms with van der Waals surface area (Å²) >= 11 is 1.35. The first-order valence-electron chi connectivity index (χ1n) is 9.17. The Labute approximate surface area is 172 Å². The molecule has 2 aromatic carbocycles. The molecule has 7 nitrogen and oxygen atoms in total.